The van der Waals surface area contributed by atoms with E-state index in [-0.39, 0.29) is 34.7 Å². The highest BCUT2D eigenvalue weighted by Gasteiger charge is 2.17. The molecule has 0 bridgehead atoms. The van der Waals surface area contributed by atoms with Gasteiger partial charge in [0.1, 0.15) is 10.7 Å². The van der Waals surface area contributed by atoms with Gasteiger partial charge in [-0.3, -0.25) is 4.79 Å². The van der Waals surface area contributed by atoms with Gasteiger partial charge in [-0.05, 0) is 36.2 Å². The molecule has 0 spiro atoms. The molecule has 140 valence electrons. The van der Waals surface area contributed by atoms with Crippen molar-refractivity contribution in [3.8, 4) is 0 Å². The van der Waals surface area contributed by atoms with Crippen LogP contribution in [0.5, 0.6) is 0 Å². The number of sulfonamides is 1. The van der Waals surface area contributed by atoms with E-state index in [0.717, 1.165) is 5.56 Å². The van der Waals surface area contributed by atoms with Gasteiger partial charge in [0.15, 0.2) is 0 Å². The van der Waals surface area contributed by atoms with Crippen LogP contribution >= 0.6 is 11.6 Å². The minimum Gasteiger partial charge on any atom is -0.341 e. The predicted octanol–water partition coefficient (Wildman–Crippen LogP) is 2.85. The Morgan fingerprint density at radius 3 is 2.38 bits per heavy atom. The number of rotatable bonds is 8. The van der Waals surface area contributed by atoms with Crippen LogP contribution in [0.2, 0.25) is 5.02 Å². The molecule has 0 aliphatic rings. The smallest absolute Gasteiger partial charge is 0.242 e. The summed E-state index contributed by atoms with van der Waals surface area (Å²) in [5.74, 6) is -0.477. The molecule has 0 saturated carbocycles. The second-order valence-electron chi connectivity index (χ2n) is 5.71. The molecule has 0 unspecified atom stereocenters. The quantitative estimate of drug-likeness (QED) is 0.743. The molecule has 2 rings (SSSR count). The number of benzene rings is 2. The highest BCUT2D eigenvalue weighted by molar-refractivity contribution is 7.89. The lowest BCUT2D eigenvalue weighted by atomic mass is 10.1. The summed E-state index contributed by atoms with van der Waals surface area (Å²) in [6.07, 6.45) is 0.553. The average molecular weight is 399 g/mol. The lowest BCUT2D eigenvalue weighted by Crippen LogP contribution is -2.38. The first-order valence-corrected chi connectivity index (χ1v) is 9.90. The highest BCUT2D eigenvalue weighted by atomic mass is 35.5. The van der Waals surface area contributed by atoms with Crippen molar-refractivity contribution >= 4 is 27.5 Å². The van der Waals surface area contributed by atoms with Crippen LogP contribution in [-0.4, -0.2) is 38.9 Å². The molecule has 0 fully saturated rings. The summed E-state index contributed by atoms with van der Waals surface area (Å²) >= 11 is 5.92. The monoisotopic (exact) mass is 398 g/mol. The summed E-state index contributed by atoms with van der Waals surface area (Å²) in [5.41, 5.74) is 0.897. The molecule has 0 atom stereocenters. The van der Waals surface area contributed by atoms with Gasteiger partial charge in [0.25, 0.3) is 0 Å². The van der Waals surface area contributed by atoms with E-state index in [9.17, 15) is 17.6 Å². The summed E-state index contributed by atoms with van der Waals surface area (Å²) < 4.78 is 39.9. The Labute approximate surface area is 157 Å². The van der Waals surface area contributed by atoms with E-state index in [2.05, 4.69) is 4.72 Å². The molecule has 2 aromatic rings. The normalized spacial score (nSPS) is 11.3. The summed E-state index contributed by atoms with van der Waals surface area (Å²) in [5, 5.41) is 0.139. The van der Waals surface area contributed by atoms with Crippen LogP contribution in [-0.2, 0) is 21.2 Å². The SMILES string of the molecule is CC(=O)N(CCNS(=O)(=O)c1ccccc1Cl)CCc1ccc(F)cc1. The van der Waals surface area contributed by atoms with Crippen LogP contribution in [0.1, 0.15) is 12.5 Å². The van der Waals surface area contributed by atoms with Crippen molar-refractivity contribution in [1.29, 1.82) is 0 Å². The molecule has 0 heterocycles. The van der Waals surface area contributed by atoms with Crippen molar-refractivity contribution in [2.24, 2.45) is 0 Å². The minimum atomic E-state index is -3.75. The number of amides is 1. The molecular formula is C18H20ClFN2O3S. The Balaban J connectivity index is 1.91. The van der Waals surface area contributed by atoms with Gasteiger partial charge in [-0.25, -0.2) is 17.5 Å². The molecule has 1 N–H and O–H groups in total. The average Bonchev–Trinajstić information content (AvgIpc) is 2.59. The topological polar surface area (TPSA) is 66.5 Å². The van der Waals surface area contributed by atoms with Crippen LogP contribution in [0.15, 0.2) is 53.4 Å². The molecular weight excluding hydrogens is 379 g/mol. The molecule has 0 aliphatic heterocycles. The van der Waals surface area contributed by atoms with E-state index in [0.29, 0.717) is 13.0 Å². The van der Waals surface area contributed by atoms with Crippen LogP contribution in [0.4, 0.5) is 4.39 Å². The Hall–Kier alpha value is -1.96. The molecule has 1 amide bonds. The minimum absolute atomic E-state index is 0.00218. The number of nitrogens with one attached hydrogen (secondary N) is 1. The maximum absolute atomic E-state index is 12.9. The van der Waals surface area contributed by atoms with Gasteiger partial charge in [0.2, 0.25) is 15.9 Å². The zero-order chi connectivity index (χ0) is 19.2. The van der Waals surface area contributed by atoms with Crippen LogP contribution in [0, 0.1) is 5.82 Å². The van der Waals surface area contributed by atoms with E-state index < -0.39 is 10.0 Å². The number of hydrogen-bond acceptors (Lipinski definition) is 3. The lowest BCUT2D eigenvalue weighted by Gasteiger charge is -2.21. The van der Waals surface area contributed by atoms with Crippen LogP contribution in [0.25, 0.3) is 0 Å². The van der Waals surface area contributed by atoms with E-state index >= 15 is 0 Å². The fraction of sp³-hybridized carbons (Fsp3) is 0.278. The third kappa shape index (κ3) is 5.79. The zero-order valence-electron chi connectivity index (χ0n) is 14.3. The molecule has 5 nitrogen and oxygen atoms in total. The zero-order valence-corrected chi connectivity index (χ0v) is 15.9. The standard InChI is InChI=1S/C18H20ClFN2O3S/c1-14(23)22(12-10-15-6-8-16(20)9-7-15)13-11-21-26(24,25)18-5-3-2-4-17(18)19/h2-9,21H,10-13H2,1H3. The Kier molecular flexibility index (Phi) is 7.14. The largest absolute Gasteiger partial charge is 0.341 e. The molecule has 0 aromatic heterocycles. The summed E-state index contributed by atoms with van der Waals surface area (Å²) in [4.78, 5) is 13.3. The third-order valence-electron chi connectivity index (χ3n) is 3.83. The molecule has 0 saturated heterocycles. The highest BCUT2D eigenvalue weighted by Crippen LogP contribution is 2.19. The second-order valence-corrected chi connectivity index (χ2v) is 7.85. The summed E-state index contributed by atoms with van der Waals surface area (Å²) in [6, 6.07) is 12.2. The van der Waals surface area contributed by atoms with Crippen molar-refractivity contribution in [1.82, 2.24) is 9.62 Å². The maximum Gasteiger partial charge on any atom is 0.242 e. The summed E-state index contributed by atoms with van der Waals surface area (Å²) in [6.45, 7) is 2.12. The first-order chi connectivity index (χ1) is 12.3. The van der Waals surface area contributed by atoms with Crippen molar-refractivity contribution in [3.63, 3.8) is 0 Å². The van der Waals surface area contributed by atoms with Gasteiger partial charge in [-0.15, -0.1) is 0 Å². The van der Waals surface area contributed by atoms with Crippen molar-refractivity contribution in [3.05, 3.63) is 64.9 Å². The predicted molar refractivity (Wildman–Crippen MR) is 99.0 cm³/mol. The molecule has 26 heavy (non-hydrogen) atoms. The first-order valence-electron chi connectivity index (χ1n) is 8.04. The Morgan fingerprint density at radius 1 is 1.12 bits per heavy atom. The number of carbonyl (C=O) groups excluding carboxylic acids is 1. The van der Waals surface area contributed by atoms with Gasteiger partial charge in [-0.1, -0.05) is 35.9 Å². The molecule has 0 aliphatic carbocycles. The number of carbonyl (C=O) groups is 1. The van der Waals surface area contributed by atoms with Crippen molar-refractivity contribution in [2.75, 3.05) is 19.6 Å². The molecule has 8 heteroatoms. The number of hydrogen-bond donors (Lipinski definition) is 1. The summed E-state index contributed by atoms with van der Waals surface area (Å²) in [7, 11) is -3.75. The fourth-order valence-corrected chi connectivity index (χ4v) is 3.94. The van der Waals surface area contributed by atoms with E-state index in [1.807, 2.05) is 0 Å². The van der Waals surface area contributed by atoms with Crippen LogP contribution < -0.4 is 4.72 Å². The van der Waals surface area contributed by atoms with Gasteiger partial charge in [0.05, 0.1) is 5.02 Å². The molecule has 0 radical (unpaired) electrons. The van der Waals surface area contributed by atoms with Gasteiger partial charge in [0, 0.05) is 26.6 Å². The lowest BCUT2D eigenvalue weighted by molar-refractivity contribution is -0.128. The van der Waals surface area contributed by atoms with Gasteiger partial charge >= 0.3 is 0 Å². The molecule has 2 aromatic carbocycles. The maximum atomic E-state index is 12.9. The fourth-order valence-electron chi connectivity index (χ4n) is 2.40. The van der Waals surface area contributed by atoms with E-state index in [1.165, 1.54) is 31.2 Å². The van der Waals surface area contributed by atoms with Crippen LogP contribution in [0.3, 0.4) is 0 Å². The Morgan fingerprint density at radius 2 is 1.77 bits per heavy atom. The first kappa shape index (κ1) is 20.4. The van der Waals surface area contributed by atoms with E-state index in [4.69, 9.17) is 11.6 Å². The third-order valence-corrected chi connectivity index (χ3v) is 5.79. The van der Waals surface area contributed by atoms with Crippen molar-refractivity contribution < 1.29 is 17.6 Å². The van der Waals surface area contributed by atoms with Crippen molar-refractivity contribution in [2.45, 2.75) is 18.2 Å². The van der Waals surface area contributed by atoms with Gasteiger partial charge < -0.3 is 4.90 Å². The van der Waals surface area contributed by atoms with E-state index in [1.54, 1.807) is 29.2 Å². The Bertz CT molecular complexity index is 857. The number of nitrogens with zero attached hydrogens (tertiary/aromatic N) is 1. The number of halogens is 2. The van der Waals surface area contributed by atoms with Gasteiger partial charge in [-0.2, -0.15) is 0 Å². The second kappa shape index (κ2) is 9.12.